The summed E-state index contributed by atoms with van der Waals surface area (Å²) in [4.78, 5) is 13.4. The Bertz CT molecular complexity index is 902. The predicted molar refractivity (Wildman–Crippen MR) is 132 cm³/mol. The number of esters is 1. The average molecular weight is 473 g/mol. The van der Waals surface area contributed by atoms with Gasteiger partial charge in [-0.1, -0.05) is 34.6 Å². The molecule has 0 aromatic heterocycles. The van der Waals surface area contributed by atoms with Gasteiger partial charge in [0, 0.05) is 5.41 Å². The molecule has 5 aliphatic carbocycles. The van der Waals surface area contributed by atoms with E-state index >= 15 is 0 Å². The van der Waals surface area contributed by atoms with E-state index in [4.69, 9.17) is 4.74 Å². The van der Waals surface area contributed by atoms with Crippen LogP contribution in [0.15, 0.2) is 0 Å². The van der Waals surface area contributed by atoms with Crippen molar-refractivity contribution < 1.29 is 19.7 Å². The van der Waals surface area contributed by atoms with E-state index in [1.54, 1.807) is 0 Å². The Morgan fingerprint density at radius 3 is 2.24 bits per heavy atom. The number of carbonyl (C=O) groups is 1. The molecule has 0 aromatic rings. The minimum atomic E-state index is -0.396. The largest absolute Gasteiger partial charge is 0.459 e. The minimum absolute atomic E-state index is 0.0839. The van der Waals surface area contributed by atoms with Crippen LogP contribution in [-0.4, -0.2) is 34.5 Å². The Hall–Kier alpha value is -0.610. The third-order valence-electron chi connectivity index (χ3n) is 14.5. The van der Waals surface area contributed by atoms with Gasteiger partial charge in [0.15, 0.2) is 0 Å². The first-order valence-electron chi connectivity index (χ1n) is 14.3. The molecule has 2 N–H and O–H groups in total. The molecular formula is C30H48O4. The lowest BCUT2D eigenvalue weighted by Crippen LogP contribution is -2.72. The van der Waals surface area contributed by atoms with Crippen molar-refractivity contribution in [2.45, 2.75) is 117 Å². The molecule has 2 heterocycles. The molecule has 12 atom stereocenters. The maximum absolute atomic E-state index is 13.4. The Labute approximate surface area is 206 Å². The normalized spacial score (nSPS) is 62.6. The number of hydrogen-bond donors (Lipinski definition) is 2. The monoisotopic (exact) mass is 472 g/mol. The summed E-state index contributed by atoms with van der Waals surface area (Å²) >= 11 is 0. The zero-order valence-corrected chi connectivity index (χ0v) is 22.5. The fourth-order valence-electron chi connectivity index (χ4n) is 12.1. The summed E-state index contributed by atoms with van der Waals surface area (Å²) in [6.45, 7) is 14.5. The van der Waals surface area contributed by atoms with Gasteiger partial charge in [-0.15, -0.1) is 0 Å². The van der Waals surface area contributed by atoms with Crippen molar-refractivity contribution in [1.29, 1.82) is 0 Å². The highest BCUT2D eigenvalue weighted by Crippen LogP contribution is 2.78. The van der Waals surface area contributed by atoms with Gasteiger partial charge in [0.1, 0.15) is 5.60 Å². The molecular weight excluding hydrogens is 424 g/mol. The van der Waals surface area contributed by atoms with Crippen LogP contribution in [0.5, 0.6) is 0 Å². The fourth-order valence-corrected chi connectivity index (χ4v) is 12.1. The highest BCUT2D eigenvalue weighted by molar-refractivity contribution is 5.80. The van der Waals surface area contributed by atoms with E-state index in [0.29, 0.717) is 29.6 Å². The number of fused-ring (bicyclic) bond motifs is 7. The highest BCUT2D eigenvalue weighted by Gasteiger charge is 2.74. The van der Waals surface area contributed by atoms with Crippen molar-refractivity contribution in [2.24, 2.45) is 56.7 Å². The zero-order chi connectivity index (χ0) is 24.5. The molecule has 2 aliphatic heterocycles. The SMILES string of the molecule is C[C@H]1[C@H]2[C@@H]3CC[C@H]4[C@@]5(C)CC[C@H](O)[C@@](C)(CO)[C@@H]5CC[C@@]4(C)[C@]3(C)CC[C@@]23CC[C@]1(C)OC3=O. The summed E-state index contributed by atoms with van der Waals surface area (Å²) in [5.41, 5.74) is -0.287. The van der Waals surface area contributed by atoms with Crippen LogP contribution in [0.25, 0.3) is 0 Å². The summed E-state index contributed by atoms with van der Waals surface area (Å²) in [7, 11) is 0. The first kappa shape index (κ1) is 23.8. The lowest BCUT2D eigenvalue weighted by molar-refractivity contribution is -0.291. The second kappa shape index (κ2) is 6.82. The van der Waals surface area contributed by atoms with Crippen LogP contribution in [0.2, 0.25) is 0 Å². The van der Waals surface area contributed by atoms with Gasteiger partial charge < -0.3 is 14.9 Å². The summed E-state index contributed by atoms with van der Waals surface area (Å²) in [6.07, 6.45) is 10.4. The molecule has 0 radical (unpaired) electrons. The van der Waals surface area contributed by atoms with Crippen LogP contribution in [0.3, 0.4) is 0 Å². The van der Waals surface area contributed by atoms with E-state index in [2.05, 4.69) is 41.5 Å². The summed E-state index contributed by atoms with van der Waals surface area (Å²) in [6, 6.07) is 0. The van der Waals surface area contributed by atoms with Gasteiger partial charge in [0.05, 0.1) is 18.1 Å². The molecule has 0 amide bonds. The van der Waals surface area contributed by atoms with Gasteiger partial charge in [-0.3, -0.25) is 4.79 Å². The van der Waals surface area contributed by atoms with Crippen LogP contribution in [-0.2, 0) is 9.53 Å². The number of rotatable bonds is 1. The van der Waals surface area contributed by atoms with Crippen molar-refractivity contribution >= 4 is 5.97 Å². The molecule has 4 heteroatoms. The van der Waals surface area contributed by atoms with E-state index in [0.717, 1.165) is 44.9 Å². The third-order valence-corrected chi connectivity index (χ3v) is 14.5. The minimum Gasteiger partial charge on any atom is -0.459 e. The number of ether oxygens (including phenoxy) is 1. The van der Waals surface area contributed by atoms with Gasteiger partial charge in [-0.05, 0) is 117 Å². The van der Waals surface area contributed by atoms with Crippen molar-refractivity contribution in [3.05, 3.63) is 0 Å². The number of aliphatic hydroxyl groups is 2. The zero-order valence-electron chi connectivity index (χ0n) is 22.5. The quantitative estimate of drug-likeness (QED) is 0.478. The maximum atomic E-state index is 13.4. The second-order valence-electron chi connectivity index (χ2n) is 15.1. The molecule has 7 fully saturated rings. The first-order chi connectivity index (χ1) is 15.8. The first-order valence-corrected chi connectivity index (χ1v) is 14.3. The molecule has 34 heavy (non-hydrogen) atoms. The van der Waals surface area contributed by atoms with Gasteiger partial charge in [0.2, 0.25) is 0 Å². The van der Waals surface area contributed by atoms with Crippen molar-refractivity contribution in [3.8, 4) is 0 Å². The Morgan fingerprint density at radius 2 is 1.56 bits per heavy atom. The van der Waals surface area contributed by atoms with Gasteiger partial charge in [-0.2, -0.15) is 0 Å². The molecule has 0 aromatic carbocycles. The molecule has 0 unspecified atom stereocenters. The fraction of sp³-hybridized carbons (Fsp3) is 0.967. The summed E-state index contributed by atoms with van der Waals surface area (Å²) in [5, 5.41) is 21.4. The number of carbonyl (C=O) groups excluding carboxylic acids is 1. The average Bonchev–Trinajstić information content (AvgIpc) is 2.79. The molecule has 2 bridgehead atoms. The van der Waals surface area contributed by atoms with Gasteiger partial charge in [-0.25, -0.2) is 0 Å². The molecule has 4 nitrogen and oxygen atoms in total. The van der Waals surface area contributed by atoms with Crippen molar-refractivity contribution in [1.82, 2.24) is 0 Å². The smallest absolute Gasteiger partial charge is 0.312 e. The van der Waals surface area contributed by atoms with Crippen LogP contribution in [0.1, 0.15) is 106 Å². The van der Waals surface area contributed by atoms with E-state index < -0.39 is 11.5 Å². The van der Waals surface area contributed by atoms with E-state index in [1.807, 2.05) is 0 Å². The molecule has 7 aliphatic rings. The topological polar surface area (TPSA) is 66.8 Å². The third kappa shape index (κ3) is 2.42. The standard InChI is InChI=1S/C30H48O4/c1-18-23-19-7-8-21-25(2)11-10-22(32)26(3,17-31)20(25)9-12-28(21,5)27(19,4)13-15-30(23)16-14-29(18,6)34-24(30)33/h18-23,31-32H,7-17H2,1-6H3/t18-,19-,20+,21-,22-,23-,25-,26-,27+,28+,29-,30+/m0/s1. The number of hydrogen-bond acceptors (Lipinski definition) is 4. The van der Waals surface area contributed by atoms with E-state index in [9.17, 15) is 15.0 Å². The maximum Gasteiger partial charge on any atom is 0.312 e. The molecule has 192 valence electrons. The lowest BCUT2D eigenvalue weighted by Gasteiger charge is -2.75. The van der Waals surface area contributed by atoms with Gasteiger partial charge >= 0.3 is 5.97 Å². The van der Waals surface area contributed by atoms with Crippen molar-refractivity contribution in [3.63, 3.8) is 0 Å². The molecule has 5 saturated carbocycles. The second-order valence-corrected chi connectivity index (χ2v) is 15.1. The Kier molecular flexibility index (Phi) is 4.77. The van der Waals surface area contributed by atoms with Crippen LogP contribution in [0.4, 0.5) is 0 Å². The molecule has 7 rings (SSSR count). The Balaban J connectivity index is 1.40. The van der Waals surface area contributed by atoms with E-state index in [1.165, 1.54) is 19.3 Å². The van der Waals surface area contributed by atoms with Crippen molar-refractivity contribution in [2.75, 3.05) is 6.61 Å². The van der Waals surface area contributed by atoms with E-state index in [-0.39, 0.29) is 39.8 Å². The van der Waals surface area contributed by atoms with Crippen LogP contribution >= 0.6 is 0 Å². The van der Waals surface area contributed by atoms with Crippen LogP contribution < -0.4 is 0 Å². The van der Waals surface area contributed by atoms with Crippen LogP contribution in [0, 0.1) is 56.7 Å². The predicted octanol–water partition coefficient (Wildman–Crippen LogP) is 5.74. The molecule has 1 spiro atoms. The number of aliphatic hydroxyl groups excluding tert-OH is 2. The van der Waals surface area contributed by atoms with Gasteiger partial charge in [0.25, 0.3) is 0 Å². The summed E-state index contributed by atoms with van der Waals surface area (Å²) in [5.74, 6) is 2.58. The molecule has 2 saturated heterocycles. The highest BCUT2D eigenvalue weighted by atomic mass is 16.6. The summed E-state index contributed by atoms with van der Waals surface area (Å²) < 4.78 is 6.14. The Morgan fingerprint density at radius 1 is 0.853 bits per heavy atom. The lowest BCUT2D eigenvalue weighted by atomic mass is 9.30.